The van der Waals surface area contributed by atoms with Crippen LogP contribution in [0.5, 0.6) is 0 Å². The second-order valence-electron chi connectivity index (χ2n) is 9.62. The predicted molar refractivity (Wildman–Crippen MR) is 153 cm³/mol. The molecule has 0 amide bonds. The number of aliphatic hydroxyl groups is 2. The van der Waals surface area contributed by atoms with E-state index in [2.05, 4.69) is 14.6 Å². The number of hydrogen-bond donors (Lipinski definition) is 2. The van der Waals surface area contributed by atoms with Crippen LogP contribution in [0.3, 0.4) is 0 Å². The van der Waals surface area contributed by atoms with Gasteiger partial charge in [-0.25, -0.2) is 9.59 Å². The molecule has 14 heteroatoms. The molecular formula is C26H61AlLiNaO11. The monoisotopic (exact) mass is 611 g/mol. The van der Waals surface area contributed by atoms with Crippen molar-refractivity contribution < 1.29 is 109 Å². The van der Waals surface area contributed by atoms with Gasteiger partial charge in [0.05, 0.1) is 49.7 Å². The van der Waals surface area contributed by atoms with E-state index in [1.807, 2.05) is 20.8 Å². The molecule has 1 fully saturated rings. The molecule has 2 N–H and O–H groups in total. The Morgan fingerprint density at radius 3 is 1.43 bits per heavy atom. The largest absolute Gasteiger partial charge is 1.00 e. The summed E-state index contributed by atoms with van der Waals surface area (Å²) in [7, 11) is 4.50. The Bertz CT molecular complexity index is 658. The maximum Gasteiger partial charge on any atom is 1.00 e. The fourth-order valence-corrected chi connectivity index (χ4v) is 1.33. The molecule has 0 saturated carbocycles. The molecular weight excluding hydrogens is 545 g/mol. The van der Waals surface area contributed by atoms with E-state index < -0.39 is 36.9 Å². The fraction of sp³-hybridized carbons (Fsp3) is 0.923. The number of aliphatic hydroxyl groups excluding tert-OH is 2. The summed E-state index contributed by atoms with van der Waals surface area (Å²) in [6, 6.07) is 0. The van der Waals surface area contributed by atoms with Crippen molar-refractivity contribution in [2.75, 3.05) is 68.0 Å². The third-order valence-corrected chi connectivity index (χ3v) is 2.75. The molecule has 1 heterocycles. The standard InChI is InChI=1S/2C7H14O3.C6H14O2.C4H8O.CH4O.CH3O.Al.Li.Na.4H/c2*1-7(2,3)10-5-6(8)9-4;1-6(2,3)8-5-4-7;1-2-4-5-3-1;2*1-2;;;;;;;/h2*5H2,1-4H3;7H,4-5H2,1-3H3;1-4H2;2H,1H3;1H3;;;;;;;/q;;;;;-1;;2*+1;;;;-1/i5D2;;5D2;;2D;;;;;;;;. The molecule has 0 spiro atoms. The zero-order valence-electron chi connectivity index (χ0n) is 33.3. The number of rotatable bonds is 6. The molecule has 1 rings (SSSR count). The quantitative estimate of drug-likeness (QED) is 0.220. The van der Waals surface area contributed by atoms with Crippen LogP contribution in [0.15, 0.2) is 0 Å². The Labute approximate surface area is 297 Å². The van der Waals surface area contributed by atoms with Gasteiger partial charge in [-0.15, -0.1) is 0 Å². The summed E-state index contributed by atoms with van der Waals surface area (Å²) in [5.74, 6) is -1.35. The Hall–Kier alpha value is 0.790. The average molecular weight is 612 g/mol. The first-order valence-corrected chi connectivity index (χ1v) is 11.6. The van der Waals surface area contributed by atoms with Crippen molar-refractivity contribution >= 4 is 29.3 Å². The fourth-order valence-electron chi connectivity index (χ4n) is 1.33. The number of carbonyl (C=O) groups excluding carboxylic acids is 2. The van der Waals surface area contributed by atoms with Gasteiger partial charge in [-0.2, -0.15) is 7.11 Å². The topological polar surface area (TPSA) is 153 Å². The normalized spacial score (nSPS) is 13.8. The molecule has 0 unspecified atom stereocenters. The molecule has 0 radical (unpaired) electrons. The minimum atomic E-state index is -2.37. The molecule has 11 nitrogen and oxygen atoms in total. The van der Waals surface area contributed by atoms with Gasteiger partial charge in [-0.05, 0) is 75.2 Å². The molecule has 236 valence electrons. The Morgan fingerprint density at radius 2 is 1.23 bits per heavy atom. The molecule has 0 bridgehead atoms. The molecule has 1 aliphatic heterocycles. The third kappa shape index (κ3) is 77.2. The van der Waals surface area contributed by atoms with Crippen molar-refractivity contribution in [2.45, 2.75) is 92.0 Å². The van der Waals surface area contributed by atoms with Crippen LogP contribution in [0.25, 0.3) is 0 Å². The molecule has 0 aromatic rings. The summed E-state index contributed by atoms with van der Waals surface area (Å²) in [4.78, 5) is 21.3. The first-order chi connectivity index (χ1) is 18.8. The SMILES string of the molecule is C1CCOC1.COC(=O)COC(C)(C)C.C[O-].[2H]C([2H])(CO)OC(C)(C)C.[2H]C([2H])(OC(C)(C)C)C(=O)OC.[2H]OC.[AlH3].[H-].[Li+].[Na+]. The van der Waals surface area contributed by atoms with Crippen molar-refractivity contribution in [3.63, 3.8) is 0 Å². The number of carbonyl (C=O) groups is 2. The van der Waals surface area contributed by atoms with E-state index in [0.717, 1.165) is 27.4 Å². The number of ether oxygens (including phenoxy) is 6. The van der Waals surface area contributed by atoms with E-state index in [9.17, 15) is 9.59 Å². The van der Waals surface area contributed by atoms with E-state index >= 15 is 0 Å². The summed E-state index contributed by atoms with van der Waals surface area (Å²) in [6.45, 7) is 13.0. The van der Waals surface area contributed by atoms with E-state index in [1.165, 1.54) is 27.1 Å². The molecule has 0 atom stereocenters. The van der Waals surface area contributed by atoms with Gasteiger partial charge in [0.25, 0.3) is 0 Å². The van der Waals surface area contributed by atoms with E-state index in [0.29, 0.717) is 0 Å². The van der Waals surface area contributed by atoms with Crippen LogP contribution >= 0.6 is 0 Å². The van der Waals surface area contributed by atoms with Crippen molar-refractivity contribution in [1.82, 2.24) is 0 Å². The van der Waals surface area contributed by atoms with Gasteiger partial charge in [-0.1, -0.05) is 0 Å². The molecule has 1 aliphatic rings. The minimum Gasteiger partial charge on any atom is -1.00 e. The van der Waals surface area contributed by atoms with Crippen molar-refractivity contribution in [2.24, 2.45) is 0 Å². The molecule has 0 aromatic carbocycles. The van der Waals surface area contributed by atoms with Gasteiger partial charge in [-0.3, -0.25) is 0 Å². The first-order valence-electron chi connectivity index (χ1n) is 14.0. The zero-order valence-corrected chi connectivity index (χ0v) is 29.3. The maximum absolute atomic E-state index is 10.8. The van der Waals surface area contributed by atoms with Crippen LogP contribution in [-0.4, -0.2) is 126 Å². The van der Waals surface area contributed by atoms with Crippen LogP contribution in [0.2, 0.25) is 0 Å². The number of hydrogen-bond acceptors (Lipinski definition) is 11. The summed E-state index contributed by atoms with van der Waals surface area (Å²) >= 11 is 0. The van der Waals surface area contributed by atoms with Gasteiger partial charge < -0.3 is 45.2 Å². The second-order valence-corrected chi connectivity index (χ2v) is 9.62. The van der Waals surface area contributed by atoms with Crippen molar-refractivity contribution in [3.05, 3.63) is 0 Å². The summed E-state index contributed by atoms with van der Waals surface area (Å²) in [5.41, 5.74) is -1.53. The van der Waals surface area contributed by atoms with Crippen LogP contribution in [0.4, 0.5) is 0 Å². The molecule has 0 aromatic heterocycles. The molecule has 1 saturated heterocycles. The van der Waals surface area contributed by atoms with Crippen LogP contribution < -0.4 is 53.5 Å². The number of esters is 2. The maximum atomic E-state index is 10.8. The second kappa shape index (κ2) is 39.8. The van der Waals surface area contributed by atoms with Crippen LogP contribution in [0, 0.1) is 0 Å². The minimum absolute atomic E-state index is 0. The summed E-state index contributed by atoms with van der Waals surface area (Å²) < 4.78 is 62.4. The molecule has 0 aliphatic carbocycles. The zero-order chi connectivity index (χ0) is 34.8. The smallest absolute Gasteiger partial charge is 1.00 e. The number of methoxy groups -OCH3 is 2. The van der Waals surface area contributed by atoms with E-state index in [-0.39, 0.29) is 85.4 Å². The Morgan fingerprint density at radius 1 is 0.875 bits per heavy atom. The molecule has 40 heavy (non-hydrogen) atoms. The summed E-state index contributed by atoms with van der Waals surface area (Å²) in [5, 5.41) is 20.2. The predicted octanol–water partition coefficient (Wildman–Crippen LogP) is -4.94. The van der Waals surface area contributed by atoms with E-state index in [1.54, 1.807) is 41.5 Å². The van der Waals surface area contributed by atoms with Crippen LogP contribution in [-0.2, 0) is 38.0 Å². The van der Waals surface area contributed by atoms with Gasteiger partial charge >= 0.3 is 60.4 Å². The third-order valence-electron chi connectivity index (χ3n) is 2.75. The van der Waals surface area contributed by atoms with Gasteiger partial charge in [0.15, 0.2) is 17.4 Å². The Balaban J connectivity index is -0.0000000536. The van der Waals surface area contributed by atoms with Crippen molar-refractivity contribution in [1.29, 1.82) is 1.43 Å². The van der Waals surface area contributed by atoms with Gasteiger partial charge in [0.1, 0.15) is 13.2 Å². The van der Waals surface area contributed by atoms with Gasteiger partial charge in [0.2, 0.25) is 1.43 Å². The van der Waals surface area contributed by atoms with Gasteiger partial charge in [0, 0.05) is 20.3 Å². The average Bonchev–Trinajstić information content (AvgIpc) is 3.41. The van der Waals surface area contributed by atoms with Crippen LogP contribution in [0.1, 0.15) is 82.1 Å². The first kappa shape index (κ1) is 45.2. The Kier molecular flexibility index (Phi) is 45.0. The summed E-state index contributed by atoms with van der Waals surface area (Å²) in [6.07, 6.45) is 2.56. The van der Waals surface area contributed by atoms with Crippen molar-refractivity contribution in [3.8, 4) is 0 Å². The van der Waals surface area contributed by atoms with E-state index in [4.69, 9.17) is 36.1 Å².